The fraction of sp³-hybridized carbons (Fsp3) is 0.0233. The van der Waals surface area contributed by atoms with Gasteiger partial charge in [0, 0.05) is 17.1 Å². The molecule has 0 saturated heterocycles. The molecule has 0 radical (unpaired) electrons. The first-order valence-corrected chi connectivity index (χ1v) is 17.4. The number of anilines is 3. The Balaban J connectivity index is 1.33. The standard InChI is InChI=1S/C43H31NSi/c1-30-12-11-15-34(28-30)44(33-24-22-32(23-25-33)31-13-3-2-4-14-31)35-26-27-39-38-18-7-10-21-42(38)45(43(39)29-35)40-19-8-5-16-36(40)37-17-6-9-20-41(37)45/h2-29H,1H3/i11D,12D,15D,28D. The van der Waals surface area contributed by atoms with E-state index in [2.05, 4.69) is 115 Å². The molecule has 7 aromatic rings. The quantitative estimate of drug-likeness (QED) is 0.185. The molecule has 1 nitrogen and oxygen atoms in total. The zero-order chi connectivity index (χ0) is 33.4. The Kier molecular flexibility index (Phi) is 4.94. The summed E-state index contributed by atoms with van der Waals surface area (Å²) in [6.07, 6.45) is 0. The minimum absolute atomic E-state index is 0.0759. The fourth-order valence-corrected chi connectivity index (χ4v) is 13.2. The van der Waals surface area contributed by atoms with E-state index in [1.165, 1.54) is 43.0 Å². The molecule has 0 amide bonds. The molecule has 0 fully saturated rings. The SMILES string of the molecule is [2H]c1c([2H])c(C)c([2H])c(N(c2ccc(-c3ccccc3)cc2)c2ccc3c(c2)[Si]2(c4ccccc4-c4ccccc42)c2ccccc2-3)c1[2H]. The summed E-state index contributed by atoms with van der Waals surface area (Å²) in [6.45, 7) is 1.70. The van der Waals surface area contributed by atoms with E-state index in [4.69, 9.17) is 4.11 Å². The van der Waals surface area contributed by atoms with E-state index in [1.54, 1.807) is 6.92 Å². The minimum Gasteiger partial charge on any atom is -0.310 e. The van der Waals surface area contributed by atoms with Gasteiger partial charge in [0.05, 0.1) is 5.48 Å². The van der Waals surface area contributed by atoms with Gasteiger partial charge in [0.25, 0.3) is 0 Å². The monoisotopic (exact) mass is 593 g/mol. The molecule has 212 valence electrons. The van der Waals surface area contributed by atoms with E-state index in [0.717, 1.165) is 22.5 Å². The maximum atomic E-state index is 9.24. The van der Waals surface area contributed by atoms with Crippen molar-refractivity contribution in [1.29, 1.82) is 0 Å². The lowest BCUT2D eigenvalue weighted by molar-refractivity contribution is 1.27. The van der Waals surface area contributed by atoms with Gasteiger partial charge in [-0.15, -0.1) is 0 Å². The van der Waals surface area contributed by atoms with E-state index in [0.29, 0.717) is 11.3 Å². The lowest BCUT2D eigenvalue weighted by Crippen LogP contribution is -2.70. The number of nitrogens with zero attached hydrogens (tertiary/aromatic N) is 1. The Labute approximate surface area is 271 Å². The summed E-state index contributed by atoms with van der Waals surface area (Å²) in [5, 5.41) is 5.42. The number of hydrogen-bond acceptors (Lipinski definition) is 1. The molecule has 7 aromatic carbocycles. The maximum Gasteiger partial charge on any atom is 0.182 e. The van der Waals surface area contributed by atoms with Crippen molar-refractivity contribution in [2.24, 2.45) is 0 Å². The van der Waals surface area contributed by atoms with Crippen molar-refractivity contribution in [3.8, 4) is 33.4 Å². The van der Waals surface area contributed by atoms with Crippen LogP contribution in [0.1, 0.15) is 11.0 Å². The molecule has 0 N–H and O–H groups in total. The van der Waals surface area contributed by atoms with Gasteiger partial charge in [-0.2, -0.15) is 0 Å². The van der Waals surface area contributed by atoms with Gasteiger partial charge in [0.1, 0.15) is 0 Å². The number of rotatable bonds is 4. The molecule has 0 aliphatic carbocycles. The largest absolute Gasteiger partial charge is 0.310 e. The number of fused-ring (bicyclic) bond motifs is 10. The lowest BCUT2D eigenvalue weighted by atomic mass is 10.0. The van der Waals surface area contributed by atoms with Crippen LogP contribution in [0.25, 0.3) is 33.4 Å². The van der Waals surface area contributed by atoms with Crippen molar-refractivity contribution in [1.82, 2.24) is 0 Å². The predicted molar refractivity (Wildman–Crippen MR) is 193 cm³/mol. The van der Waals surface area contributed by atoms with Gasteiger partial charge in [-0.05, 0) is 103 Å². The van der Waals surface area contributed by atoms with Crippen LogP contribution in [0.15, 0.2) is 170 Å². The molecule has 0 bridgehead atoms. The summed E-state index contributed by atoms with van der Waals surface area (Å²) < 4.78 is 35.6. The van der Waals surface area contributed by atoms with Crippen molar-refractivity contribution in [3.05, 3.63) is 175 Å². The third-order valence-electron chi connectivity index (χ3n) is 9.43. The van der Waals surface area contributed by atoms with Gasteiger partial charge < -0.3 is 4.90 Å². The van der Waals surface area contributed by atoms with E-state index in [1.807, 2.05) is 35.2 Å². The fourth-order valence-electron chi connectivity index (χ4n) is 7.60. The summed E-state index contributed by atoms with van der Waals surface area (Å²) in [5.41, 5.74) is 9.52. The topological polar surface area (TPSA) is 3.24 Å². The molecular weight excluding hydrogens is 559 g/mol. The first kappa shape index (κ1) is 22.1. The van der Waals surface area contributed by atoms with Gasteiger partial charge in [-0.25, -0.2) is 0 Å². The summed E-state index contributed by atoms with van der Waals surface area (Å²) in [5.74, 6) is 0. The highest BCUT2D eigenvalue weighted by Gasteiger charge is 2.53. The summed E-state index contributed by atoms with van der Waals surface area (Å²) in [4.78, 5) is 1.96. The normalized spacial score (nSPS) is 14.4. The van der Waals surface area contributed by atoms with Crippen molar-refractivity contribution >= 4 is 45.9 Å². The van der Waals surface area contributed by atoms with Crippen molar-refractivity contribution < 1.29 is 5.48 Å². The molecule has 2 aliphatic rings. The maximum absolute atomic E-state index is 9.24. The van der Waals surface area contributed by atoms with Crippen LogP contribution in [0.3, 0.4) is 0 Å². The van der Waals surface area contributed by atoms with Gasteiger partial charge in [0.15, 0.2) is 8.07 Å². The van der Waals surface area contributed by atoms with Gasteiger partial charge in [0.2, 0.25) is 0 Å². The van der Waals surface area contributed by atoms with Crippen LogP contribution in [0.4, 0.5) is 17.1 Å². The Morgan fingerprint density at radius 2 is 0.978 bits per heavy atom. The van der Waals surface area contributed by atoms with Crippen LogP contribution < -0.4 is 25.6 Å². The van der Waals surface area contributed by atoms with Crippen LogP contribution in [0.5, 0.6) is 0 Å². The van der Waals surface area contributed by atoms with E-state index in [-0.39, 0.29) is 24.2 Å². The second kappa shape index (κ2) is 10.1. The average Bonchev–Trinajstić information content (AvgIpc) is 3.62. The molecule has 2 heterocycles. The Morgan fingerprint density at radius 1 is 0.467 bits per heavy atom. The average molecular weight is 594 g/mol. The molecule has 0 unspecified atom stereocenters. The van der Waals surface area contributed by atoms with Gasteiger partial charge in [-0.1, -0.05) is 133 Å². The Bertz CT molecular complexity index is 2360. The summed E-state index contributed by atoms with van der Waals surface area (Å²) >= 11 is 0. The number of benzene rings is 7. The first-order chi connectivity index (χ1) is 23.9. The second-order valence-electron chi connectivity index (χ2n) is 11.8. The molecule has 2 heteroatoms. The first-order valence-electron chi connectivity index (χ1n) is 17.4. The summed E-state index contributed by atoms with van der Waals surface area (Å²) in [6, 6.07) is 51.3. The predicted octanol–water partition coefficient (Wildman–Crippen LogP) is 8.47. The summed E-state index contributed by atoms with van der Waals surface area (Å²) in [7, 11) is -2.73. The highest BCUT2D eigenvalue weighted by molar-refractivity contribution is 7.24. The zero-order valence-electron chi connectivity index (χ0n) is 28.8. The molecule has 9 rings (SSSR count). The van der Waals surface area contributed by atoms with Gasteiger partial charge in [-0.3, -0.25) is 0 Å². The molecule has 0 atom stereocenters. The minimum atomic E-state index is -2.73. The van der Waals surface area contributed by atoms with Crippen LogP contribution in [0.2, 0.25) is 0 Å². The van der Waals surface area contributed by atoms with Crippen LogP contribution in [0, 0.1) is 6.92 Å². The van der Waals surface area contributed by atoms with E-state index < -0.39 is 8.07 Å². The van der Waals surface area contributed by atoms with Crippen LogP contribution >= 0.6 is 0 Å². The molecule has 0 saturated carbocycles. The second-order valence-corrected chi connectivity index (χ2v) is 15.5. The van der Waals surface area contributed by atoms with Crippen molar-refractivity contribution in [2.75, 3.05) is 4.90 Å². The van der Waals surface area contributed by atoms with E-state index >= 15 is 0 Å². The Hall–Kier alpha value is -5.44. The van der Waals surface area contributed by atoms with E-state index in [9.17, 15) is 1.37 Å². The molecule has 1 spiro atoms. The lowest BCUT2D eigenvalue weighted by Gasteiger charge is -2.30. The third-order valence-corrected chi connectivity index (χ3v) is 14.4. The zero-order valence-corrected chi connectivity index (χ0v) is 25.8. The van der Waals surface area contributed by atoms with Crippen molar-refractivity contribution in [2.45, 2.75) is 6.92 Å². The van der Waals surface area contributed by atoms with Gasteiger partial charge >= 0.3 is 0 Å². The highest BCUT2D eigenvalue weighted by atomic mass is 28.3. The molecule has 0 aromatic heterocycles. The van der Waals surface area contributed by atoms with Crippen molar-refractivity contribution in [3.63, 3.8) is 0 Å². The van der Waals surface area contributed by atoms with Crippen LogP contribution in [-0.4, -0.2) is 8.07 Å². The highest BCUT2D eigenvalue weighted by Crippen LogP contribution is 2.40. The molecular formula is C43H31NSi. The molecule has 2 aliphatic heterocycles. The Morgan fingerprint density at radius 3 is 1.60 bits per heavy atom. The third kappa shape index (κ3) is 3.79. The van der Waals surface area contributed by atoms with Crippen LogP contribution in [-0.2, 0) is 0 Å². The smallest absolute Gasteiger partial charge is 0.182 e. The number of hydrogen-bond donors (Lipinski definition) is 0. The molecule has 45 heavy (non-hydrogen) atoms.